The van der Waals surface area contributed by atoms with Crippen LogP contribution in [0.15, 0.2) is 53.4 Å². The minimum atomic E-state index is -3.60. The Morgan fingerprint density at radius 2 is 1.77 bits per heavy atom. The van der Waals surface area contributed by atoms with Crippen molar-refractivity contribution in [3.63, 3.8) is 0 Å². The van der Waals surface area contributed by atoms with Crippen LogP contribution in [0.1, 0.15) is 30.0 Å². The van der Waals surface area contributed by atoms with Gasteiger partial charge in [0.2, 0.25) is 10.0 Å². The van der Waals surface area contributed by atoms with Gasteiger partial charge in [0, 0.05) is 12.1 Å². The van der Waals surface area contributed by atoms with Crippen LogP contribution < -0.4 is 0 Å². The predicted molar refractivity (Wildman–Crippen MR) is 83.4 cm³/mol. The van der Waals surface area contributed by atoms with Crippen molar-refractivity contribution in [3.8, 4) is 0 Å². The molecule has 0 unspecified atom stereocenters. The molecule has 0 N–H and O–H groups in total. The molecule has 0 amide bonds. The van der Waals surface area contributed by atoms with Gasteiger partial charge in [-0.1, -0.05) is 35.9 Å². The fourth-order valence-electron chi connectivity index (χ4n) is 2.93. The van der Waals surface area contributed by atoms with E-state index < -0.39 is 16.1 Å². The Hall–Kier alpha value is -1.72. The molecule has 1 atom stereocenters. The maximum Gasteiger partial charge on any atom is 0.243 e. The van der Waals surface area contributed by atoms with E-state index in [0.29, 0.717) is 18.5 Å². The first-order valence-electron chi connectivity index (χ1n) is 7.33. The van der Waals surface area contributed by atoms with Gasteiger partial charge in [-0.25, -0.2) is 12.8 Å². The van der Waals surface area contributed by atoms with E-state index >= 15 is 0 Å². The predicted octanol–water partition coefficient (Wildman–Crippen LogP) is 3.66. The molecule has 5 heteroatoms. The second kappa shape index (κ2) is 5.82. The smallest absolute Gasteiger partial charge is 0.207 e. The Morgan fingerprint density at radius 1 is 1.09 bits per heavy atom. The van der Waals surface area contributed by atoms with E-state index in [1.54, 1.807) is 42.5 Å². The number of rotatable bonds is 3. The van der Waals surface area contributed by atoms with Crippen LogP contribution in [0.4, 0.5) is 4.39 Å². The van der Waals surface area contributed by atoms with Crippen LogP contribution >= 0.6 is 0 Å². The number of hydrogen-bond acceptors (Lipinski definition) is 2. The highest BCUT2D eigenvalue weighted by Crippen LogP contribution is 2.37. The lowest BCUT2D eigenvalue weighted by atomic mass is 10.1. The van der Waals surface area contributed by atoms with Gasteiger partial charge < -0.3 is 0 Å². The molecule has 0 aliphatic carbocycles. The van der Waals surface area contributed by atoms with Crippen molar-refractivity contribution in [1.82, 2.24) is 4.31 Å². The highest BCUT2D eigenvalue weighted by atomic mass is 32.2. The third-order valence-electron chi connectivity index (χ3n) is 4.10. The highest BCUT2D eigenvalue weighted by Gasteiger charge is 2.37. The minimum absolute atomic E-state index is 0.265. The summed E-state index contributed by atoms with van der Waals surface area (Å²) < 4.78 is 41.2. The molecule has 0 spiro atoms. The summed E-state index contributed by atoms with van der Waals surface area (Å²) in [6.07, 6.45) is 1.39. The normalized spacial score (nSPS) is 19.5. The molecule has 116 valence electrons. The molecule has 0 saturated carbocycles. The largest absolute Gasteiger partial charge is 0.243 e. The lowest BCUT2D eigenvalue weighted by Crippen LogP contribution is -2.31. The van der Waals surface area contributed by atoms with Crippen molar-refractivity contribution in [2.75, 3.05) is 6.54 Å². The molecule has 0 aromatic heterocycles. The molecule has 1 aliphatic rings. The van der Waals surface area contributed by atoms with E-state index in [1.807, 2.05) is 6.92 Å². The van der Waals surface area contributed by atoms with E-state index in [-0.39, 0.29) is 10.7 Å². The summed E-state index contributed by atoms with van der Waals surface area (Å²) >= 11 is 0. The average Bonchev–Trinajstić information content (AvgIpc) is 2.98. The van der Waals surface area contributed by atoms with E-state index in [0.717, 1.165) is 12.0 Å². The number of benzene rings is 2. The zero-order valence-corrected chi connectivity index (χ0v) is 13.2. The van der Waals surface area contributed by atoms with E-state index in [9.17, 15) is 12.8 Å². The standard InChI is InChI=1S/C17H18FNO2S/c1-13-8-10-14(11-9-13)22(20,21)19-12-4-7-17(19)15-5-2-3-6-16(15)18/h2-3,5-6,8-11,17H,4,7,12H2,1H3/t17-/m1/s1. The van der Waals surface area contributed by atoms with Crippen molar-refractivity contribution in [1.29, 1.82) is 0 Å². The quantitative estimate of drug-likeness (QED) is 0.866. The lowest BCUT2D eigenvalue weighted by Gasteiger charge is -2.24. The Bertz CT molecular complexity index is 772. The average molecular weight is 319 g/mol. The first-order chi connectivity index (χ1) is 10.5. The van der Waals surface area contributed by atoms with Crippen molar-refractivity contribution in [2.24, 2.45) is 0 Å². The Morgan fingerprint density at radius 3 is 2.45 bits per heavy atom. The van der Waals surface area contributed by atoms with Crippen molar-refractivity contribution in [3.05, 3.63) is 65.5 Å². The first-order valence-corrected chi connectivity index (χ1v) is 8.77. The van der Waals surface area contributed by atoms with Crippen LogP contribution in [0.5, 0.6) is 0 Å². The summed E-state index contributed by atoms with van der Waals surface area (Å²) in [7, 11) is -3.60. The van der Waals surface area contributed by atoms with Crippen LogP contribution in [0.3, 0.4) is 0 Å². The Balaban J connectivity index is 1.99. The Labute approximate surface area is 130 Å². The number of hydrogen-bond donors (Lipinski definition) is 0. The molecule has 3 rings (SSSR count). The van der Waals surface area contributed by atoms with Crippen LogP contribution in [-0.2, 0) is 10.0 Å². The van der Waals surface area contributed by atoms with Gasteiger partial charge in [-0.3, -0.25) is 0 Å². The number of aryl methyl sites for hydroxylation is 1. The first kappa shape index (κ1) is 15.2. The zero-order valence-electron chi connectivity index (χ0n) is 12.4. The van der Waals surface area contributed by atoms with E-state index in [4.69, 9.17) is 0 Å². The number of nitrogens with zero attached hydrogens (tertiary/aromatic N) is 1. The zero-order chi connectivity index (χ0) is 15.7. The molecular formula is C17H18FNO2S. The molecular weight excluding hydrogens is 301 g/mol. The molecule has 0 radical (unpaired) electrons. The summed E-state index contributed by atoms with van der Waals surface area (Å²) in [4.78, 5) is 0.265. The Kier molecular flexibility index (Phi) is 4.02. The second-order valence-corrected chi connectivity index (χ2v) is 7.50. The van der Waals surface area contributed by atoms with Gasteiger partial charge in [-0.05, 0) is 38.0 Å². The maximum absolute atomic E-state index is 14.0. The van der Waals surface area contributed by atoms with Crippen LogP contribution in [-0.4, -0.2) is 19.3 Å². The summed E-state index contributed by atoms with van der Waals surface area (Å²) in [6.45, 7) is 2.34. The van der Waals surface area contributed by atoms with Crippen LogP contribution in [0.25, 0.3) is 0 Å². The molecule has 0 bridgehead atoms. The highest BCUT2D eigenvalue weighted by molar-refractivity contribution is 7.89. The summed E-state index contributed by atoms with van der Waals surface area (Å²) in [5.41, 5.74) is 1.46. The number of halogens is 1. The van der Waals surface area contributed by atoms with E-state index in [2.05, 4.69) is 0 Å². The van der Waals surface area contributed by atoms with Gasteiger partial charge in [-0.15, -0.1) is 0 Å². The van der Waals surface area contributed by atoms with Gasteiger partial charge in [0.15, 0.2) is 0 Å². The van der Waals surface area contributed by atoms with Gasteiger partial charge in [0.1, 0.15) is 5.82 Å². The molecule has 1 heterocycles. The molecule has 2 aromatic rings. The van der Waals surface area contributed by atoms with Crippen molar-refractivity contribution < 1.29 is 12.8 Å². The third-order valence-corrected chi connectivity index (χ3v) is 6.02. The van der Waals surface area contributed by atoms with Crippen molar-refractivity contribution in [2.45, 2.75) is 30.7 Å². The molecule has 1 aliphatic heterocycles. The molecule has 3 nitrogen and oxygen atoms in total. The SMILES string of the molecule is Cc1ccc(S(=O)(=O)N2CCC[C@@H]2c2ccccc2F)cc1. The van der Waals surface area contributed by atoms with Gasteiger partial charge in [0.05, 0.1) is 10.9 Å². The second-order valence-electron chi connectivity index (χ2n) is 5.61. The minimum Gasteiger partial charge on any atom is -0.207 e. The topological polar surface area (TPSA) is 37.4 Å². The van der Waals surface area contributed by atoms with E-state index in [1.165, 1.54) is 10.4 Å². The van der Waals surface area contributed by atoms with Gasteiger partial charge in [-0.2, -0.15) is 4.31 Å². The molecule has 1 fully saturated rings. The van der Waals surface area contributed by atoms with Crippen molar-refractivity contribution >= 4 is 10.0 Å². The van der Waals surface area contributed by atoms with Gasteiger partial charge >= 0.3 is 0 Å². The summed E-state index contributed by atoms with van der Waals surface area (Å²) in [6, 6.07) is 12.8. The fourth-order valence-corrected chi connectivity index (χ4v) is 4.60. The van der Waals surface area contributed by atoms with Gasteiger partial charge in [0.25, 0.3) is 0 Å². The van der Waals surface area contributed by atoms with Crippen LogP contribution in [0.2, 0.25) is 0 Å². The third kappa shape index (κ3) is 2.66. The monoisotopic (exact) mass is 319 g/mol. The fraction of sp³-hybridized carbons (Fsp3) is 0.294. The maximum atomic E-state index is 14.0. The van der Waals surface area contributed by atoms with Crippen LogP contribution in [0, 0.1) is 12.7 Å². The summed E-state index contributed by atoms with van der Waals surface area (Å²) in [5.74, 6) is -0.349. The summed E-state index contributed by atoms with van der Waals surface area (Å²) in [5, 5.41) is 0. The number of sulfonamides is 1. The molecule has 22 heavy (non-hydrogen) atoms. The lowest BCUT2D eigenvalue weighted by molar-refractivity contribution is 0.386. The molecule has 1 saturated heterocycles. The molecule has 2 aromatic carbocycles.